The van der Waals surface area contributed by atoms with Crippen LogP contribution in [0.5, 0.6) is 0 Å². The summed E-state index contributed by atoms with van der Waals surface area (Å²) in [6.45, 7) is 5.74. The van der Waals surface area contributed by atoms with Gasteiger partial charge in [-0.15, -0.1) is 0 Å². The van der Waals surface area contributed by atoms with Gasteiger partial charge in [0.1, 0.15) is 0 Å². The molecule has 0 saturated heterocycles. The molecule has 1 aromatic heterocycles. The quantitative estimate of drug-likeness (QED) is 0.677. The fourth-order valence-corrected chi connectivity index (χ4v) is 1.83. The Hall–Kier alpha value is -1.28. The van der Waals surface area contributed by atoms with Gasteiger partial charge in [0.25, 0.3) is 0 Å². The third-order valence-corrected chi connectivity index (χ3v) is 2.75. The van der Waals surface area contributed by atoms with Crippen molar-refractivity contribution in [3.8, 4) is 0 Å². The van der Waals surface area contributed by atoms with Crippen LogP contribution in [0.3, 0.4) is 0 Å². The Balaban J connectivity index is 2.59. The van der Waals surface area contributed by atoms with E-state index in [9.17, 15) is 4.79 Å². The van der Waals surface area contributed by atoms with Crippen molar-refractivity contribution in [1.82, 2.24) is 4.57 Å². The Morgan fingerprint density at radius 3 is 2.56 bits per heavy atom. The Labute approximate surface area is 99.8 Å². The van der Waals surface area contributed by atoms with Gasteiger partial charge in [0, 0.05) is 22.0 Å². The van der Waals surface area contributed by atoms with Gasteiger partial charge in [-0.2, -0.15) is 0 Å². The highest BCUT2D eigenvalue weighted by Gasteiger charge is 2.23. The first-order chi connectivity index (χ1) is 7.39. The number of hydrogen-bond donors (Lipinski definition) is 0. The van der Waals surface area contributed by atoms with Crippen molar-refractivity contribution in [1.29, 1.82) is 0 Å². The van der Waals surface area contributed by atoms with Crippen LogP contribution in [0.4, 0.5) is 0 Å². The third kappa shape index (κ3) is 1.85. The standard InChI is InChI=1S/C13H14ClNO/c1-13(2,3)12(16)15-7-6-9-8-10(14)4-5-11(9)15/h4-8H,1-3H3. The number of fused-ring (bicyclic) bond motifs is 1. The van der Waals surface area contributed by atoms with E-state index in [4.69, 9.17) is 11.6 Å². The van der Waals surface area contributed by atoms with Crippen molar-refractivity contribution < 1.29 is 4.79 Å². The zero-order valence-electron chi connectivity index (χ0n) is 9.62. The van der Waals surface area contributed by atoms with Crippen LogP contribution in [0.1, 0.15) is 25.6 Å². The van der Waals surface area contributed by atoms with E-state index in [0.717, 1.165) is 10.9 Å². The summed E-state index contributed by atoms with van der Waals surface area (Å²) in [4.78, 5) is 12.2. The molecule has 0 bridgehead atoms. The molecular formula is C13H14ClNO. The molecule has 0 atom stereocenters. The van der Waals surface area contributed by atoms with Gasteiger partial charge in [-0.05, 0) is 24.3 Å². The number of carbonyl (C=O) groups is 1. The molecule has 0 aliphatic rings. The molecule has 2 nitrogen and oxygen atoms in total. The minimum Gasteiger partial charge on any atom is -0.287 e. The van der Waals surface area contributed by atoms with Gasteiger partial charge in [0.05, 0.1) is 5.52 Å². The summed E-state index contributed by atoms with van der Waals surface area (Å²) in [6, 6.07) is 7.45. The summed E-state index contributed by atoms with van der Waals surface area (Å²) in [7, 11) is 0. The zero-order valence-corrected chi connectivity index (χ0v) is 10.4. The first kappa shape index (κ1) is 11.2. The minimum absolute atomic E-state index is 0.0878. The van der Waals surface area contributed by atoms with E-state index in [2.05, 4.69) is 0 Å². The van der Waals surface area contributed by atoms with Gasteiger partial charge in [-0.1, -0.05) is 32.4 Å². The van der Waals surface area contributed by atoms with E-state index in [1.165, 1.54) is 0 Å². The van der Waals surface area contributed by atoms with Crippen LogP contribution in [-0.2, 0) is 0 Å². The van der Waals surface area contributed by atoms with Crippen LogP contribution < -0.4 is 0 Å². The van der Waals surface area contributed by atoms with E-state index < -0.39 is 0 Å². The smallest absolute Gasteiger partial charge is 0.236 e. The van der Waals surface area contributed by atoms with E-state index in [1.54, 1.807) is 16.8 Å². The van der Waals surface area contributed by atoms with Crippen LogP contribution in [0.15, 0.2) is 30.5 Å². The number of hydrogen-bond acceptors (Lipinski definition) is 1. The Kier molecular flexibility index (Phi) is 2.55. The molecule has 84 valence electrons. The lowest BCUT2D eigenvalue weighted by Gasteiger charge is -2.17. The summed E-state index contributed by atoms with van der Waals surface area (Å²) < 4.78 is 1.69. The fourth-order valence-electron chi connectivity index (χ4n) is 1.65. The maximum Gasteiger partial charge on any atom is 0.236 e. The van der Waals surface area contributed by atoms with Gasteiger partial charge < -0.3 is 0 Å². The second-order valence-electron chi connectivity index (χ2n) is 4.94. The van der Waals surface area contributed by atoms with Gasteiger partial charge in [0.2, 0.25) is 5.91 Å². The molecule has 2 aromatic rings. The topological polar surface area (TPSA) is 22.0 Å². The number of nitrogens with zero attached hydrogens (tertiary/aromatic N) is 1. The van der Waals surface area contributed by atoms with Crippen LogP contribution in [0.2, 0.25) is 5.02 Å². The molecule has 0 radical (unpaired) electrons. The summed E-state index contributed by atoms with van der Waals surface area (Å²) in [5.74, 6) is 0.0878. The first-order valence-corrected chi connectivity index (χ1v) is 5.59. The monoisotopic (exact) mass is 235 g/mol. The Morgan fingerprint density at radius 2 is 1.94 bits per heavy atom. The summed E-state index contributed by atoms with van der Waals surface area (Å²) in [5.41, 5.74) is 0.523. The molecule has 16 heavy (non-hydrogen) atoms. The molecule has 2 rings (SSSR count). The van der Waals surface area contributed by atoms with Gasteiger partial charge >= 0.3 is 0 Å². The lowest BCUT2D eigenvalue weighted by atomic mass is 9.95. The summed E-state index contributed by atoms with van der Waals surface area (Å²) in [6.07, 6.45) is 1.80. The van der Waals surface area contributed by atoms with Crippen molar-refractivity contribution in [2.75, 3.05) is 0 Å². The maximum absolute atomic E-state index is 12.2. The second-order valence-corrected chi connectivity index (χ2v) is 5.38. The van der Waals surface area contributed by atoms with Crippen molar-refractivity contribution in [2.24, 2.45) is 5.41 Å². The molecule has 0 amide bonds. The predicted molar refractivity (Wildman–Crippen MR) is 67.0 cm³/mol. The van der Waals surface area contributed by atoms with Crippen LogP contribution in [0.25, 0.3) is 10.9 Å². The molecule has 3 heteroatoms. The van der Waals surface area contributed by atoms with Gasteiger partial charge in [0.15, 0.2) is 0 Å². The van der Waals surface area contributed by atoms with E-state index >= 15 is 0 Å². The van der Waals surface area contributed by atoms with Crippen molar-refractivity contribution in [2.45, 2.75) is 20.8 Å². The largest absolute Gasteiger partial charge is 0.287 e. The van der Waals surface area contributed by atoms with E-state index in [0.29, 0.717) is 5.02 Å². The molecule has 0 aliphatic carbocycles. The van der Waals surface area contributed by atoms with Crippen LogP contribution in [0, 0.1) is 5.41 Å². The normalized spacial score (nSPS) is 12.0. The molecule has 1 aromatic carbocycles. The van der Waals surface area contributed by atoms with Crippen LogP contribution >= 0.6 is 11.6 Å². The SMILES string of the molecule is CC(C)(C)C(=O)n1ccc2cc(Cl)ccc21. The highest BCUT2D eigenvalue weighted by atomic mass is 35.5. The number of rotatable bonds is 0. The van der Waals surface area contributed by atoms with Crippen molar-refractivity contribution in [3.05, 3.63) is 35.5 Å². The number of carbonyl (C=O) groups excluding carboxylic acids is 1. The number of halogens is 1. The lowest BCUT2D eigenvalue weighted by Crippen LogP contribution is -2.25. The maximum atomic E-state index is 12.2. The van der Waals surface area contributed by atoms with Crippen LogP contribution in [-0.4, -0.2) is 10.5 Å². The zero-order chi connectivity index (χ0) is 11.9. The fraction of sp³-hybridized carbons (Fsp3) is 0.308. The van der Waals surface area contributed by atoms with Crippen molar-refractivity contribution in [3.63, 3.8) is 0 Å². The molecule has 0 saturated carbocycles. The lowest BCUT2D eigenvalue weighted by molar-refractivity contribution is 0.0772. The first-order valence-electron chi connectivity index (χ1n) is 5.21. The average molecular weight is 236 g/mol. The Bertz CT molecular complexity index is 549. The minimum atomic E-state index is -0.383. The molecular weight excluding hydrogens is 222 g/mol. The molecule has 0 aliphatic heterocycles. The number of aromatic nitrogens is 1. The number of benzene rings is 1. The highest BCUT2D eigenvalue weighted by Crippen LogP contribution is 2.24. The highest BCUT2D eigenvalue weighted by molar-refractivity contribution is 6.31. The van der Waals surface area contributed by atoms with Gasteiger partial charge in [-0.3, -0.25) is 9.36 Å². The molecule has 0 spiro atoms. The summed E-state index contributed by atoms with van der Waals surface area (Å²) >= 11 is 5.90. The molecule has 0 fully saturated rings. The molecule has 1 heterocycles. The summed E-state index contributed by atoms with van der Waals surface area (Å²) in [5, 5.41) is 1.68. The predicted octanol–water partition coefficient (Wildman–Crippen LogP) is 3.98. The second kappa shape index (κ2) is 3.63. The molecule has 0 unspecified atom stereocenters. The van der Waals surface area contributed by atoms with Gasteiger partial charge in [-0.25, -0.2) is 0 Å². The van der Waals surface area contributed by atoms with E-state index in [-0.39, 0.29) is 11.3 Å². The third-order valence-electron chi connectivity index (χ3n) is 2.51. The van der Waals surface area contributed by atoms with E-state index in [1.807, 2.05) is 39.0 Å². The Morgan fingerprint density at radius 1 is 1.25 bits per heavy atom. The average Bonchev–Trinajstić information content (AvgIpc) is 2.57. The molecule has 0 N–H and O–H groups in total. The van der Waals surface area contributed by atoms with Crippen molar-refractivity contribution >= 4 is 28.4 Å².